The fraction of sp³-hybridized carbons (Fsp3) is 0.400. The summed E-state index contributed by atoms with van der Waals surface area (Å²) in [6.07, 6.45) is -3.58. The van der Waals surface area contributed by atoms with Crippen LogP contribution in [0.1, 0.15) is 50.2 Å². The van der Waals surface area contributed by atoms with E-state index in [9.17, 15) is 63.3 Å². The minimum Gasteiger partial charge on any atom is -0.508 e. The Hall–Kier alpha value is -7.08. The molecule has 2 aromatic carbocycles. The van der Waals surface area contributed by atoms with Crippen LogP contribution < -0.4 is 43.0 Å². The maximum atomic E-state index is 13.7. The summed E-state index contributed by atoms with van der Waals surface area (Å²) in [6, 6.07) is 5.04. The van der Waals surface area contributed by atoms with E-state index in [-0.39, 0.29) is 36.1 Å². The molecule has 0 fully saturated rings. The van der Waals surface area contributed by atoms with Crippen LogP contribution >= 0.6 is 15.9 Å². The molecule has 0 unspecified atom stereocenters. The van der Waals surface area contributed by atoms with Crippen molar-refractivity contribution in [2.75, 3.05) is 13.2 Å². The van der Waals surface area contributed by atoms with E-state index in [1.54, 1.807) is 30.3 Å². The van der Waals surface area contributed by atoms with E-state index < -0.39 is 128 Å². The first-order valence-corrected chi connectivity index (χ1v) is 20.2. The minimum atomic E-state index is -1.81. The van der Waals surface area contributed by atoms with E-state index in [0.717, 1.165) is 0 Å². The van der Waals surface area contributed by atoms with Crippen LogP contribution in [0, 0.1) is 0 Å². The van der Waals surface area contributed by atoms with Crippen LogP contribution in [-0.2, 0) is 60.9 Å². The smallest absolute Gasteiger partial charge is 0.408 e. The number of ether oxygens (including phenoxy) is 1. The summed E-state index contributed by atoms with van der Waals surface area (Å²) in [7, 11) is 0. The van der Waals surface area contributed by atoms with Crippen LogP contribution in [0.2, 0.25) is 0 Å². The van der Waals surface area contributed by atoms with Gasteiger partial charge in [0.15, 0.2) is 0 Å². The number of benzene rings is 2. The number of carboxylic acids is 2. The van der Waals surface area contributed by atoms with Gasteiger partial charge in [0, 0.05) is 25.7 Å². The number of primary amides is 1. The highest BCUT2D eigenvalue weighted by Gasteiger charge is 2.33. The number of carboxylic acid groups (broad SMARTS) is 2. The first-order chi connectivity index (χ1) is 30.2. The number of rotatable bonds is 27. The number of halogens is 1. The Morgan fingerprint density at radius 3 is 1.75 bits per heavy atom. The van der Waals surface area contributed by atoms with Crippen LogP contribution in [0.4, 0.5) is 4.79 Å². The third kappa shape index (κ3) is 20.2. The van der Waals surface area contributed by atoms with Gasteiger partial charge in [0.1, 0.15) is 48.6 Å². The molecule has 2 aromatic rings. The zero-order valence-corrected chi connectivity index (χ0v) is 36.1. The summed E-state index contributed by atoms with van der Waals surface area (Å²) in [5.41, 5.74) is 6.46. The number of aliphatic hydroxyl groups is 1. The SMILES string of the molecule is C=C(Br)C[C@H](NC(=O)[C@H](CO)NC(=O)[C@H](CCC(=O)O)NC(=O)CNC(=O)[C@H](C)NC(=O)OCc1ccccc1)C(=O)N[C@@H](Cc1ccc(O)cc1)C(=O)N[C@@H](CCC(=O)O)C(N)=O. The van der Waals surface area contributed by atoms with Gasteiger partial charge < -0.3 is 68.1 Å². The van der Waals surface area contributed by atoms with E-state index in [1.165, 1.54) is 31.2 Å². The highest BCUT2D eigenvalue weighted by atomic mass is 79.9. The Labute approximate surface area is 374 Å². The highest BCUT2D eigenvalue weighted by Crippen LogP contribution is 2.14. The number of carbonyl (C=O) groups is 10. The molecule has 0 radical (unpaired) electrons. The van der Waals surface area contributed by atoms with Crippen molar-refractivity contribution >= 4 is 75.3 Å². The highest BCUT2D eigenvalue weighted by molar-refractivity contribution is 9.11. The number of carbonyl (C=O) groups excluding carboxylic acids is 8. The lowest BCUT2D eigenvalue weighted by atomic mass is 10.0. The Morgan fingerprint density at radius 2 is 1.19 bits per heavy atom. The number of aliphatic hydroxyl groups excluding tert-OH is 1. The average molecular weight is 964 g/mol. The molecule has 13 N–H and O–H groups in total. The van der Waals surface area contributed by atoms with E-state index in [1.807, 2.05) is 0 Å². The maximum Gasteiger partial charge on any atom is 0.408 e. The molecule has 2 rings (SSSR count). The molecular weight excluding hydrogens is 912 g/mol. The normalized spacial score (nSPS) is 13.4. The van der Waals surface area contributed by atoms with E-state index >= 15 is 0 Å². The number of nitrogens with two attached hydrogens (primary N) is 1. The standard InChI is InChI=1S/C40H51BrN8O15/c1-21(41)16-28(37(60)48-29(17-23-8-10-25(51)11-9-23)38(61)46-26(34(42)57)12-14-32(53)54)47-39(62)30(19-50)49-36(59)27(13-15-33(55)56)45-31(52)18-43-35(58)22(2)44-40(63)64-20-24-6-4-3-5-7-24/h3-11,22,26-30,50-51H,1,12-20H2,2H3,(H2,42,57)(H,43,58)(H,44,63)(H,45,52)(H,46,61)(H,47,62)(H,48,60)(H,49,59)(H,53,54)(H,55,56)/t22-,26-,27-,28-,29-,30-/m0/s1. The van der Waals surface area contributed by atoms with Gasteiger partial charge in [-0.3, -0.25) is 43.2 Å². The lowest BCUT2D eigenvalue weighted by Gasteiger charge is -2.26. The van der Waals surface area contributed by atoms with E-state index in [4.69, 9.17) is 15.6 Å². The summed E-state index contributed by atoms with van der Waals surface area (Å²) >= 11 is 3.10. The van der Waals surface area contributed by atoms with Crippen molar-refractivity contribution in [1.82, 2.24) is 37.2 Å². The van der Waals surface area contributed by atoms with Gasteiger partial charge in [0.2, 0.25) is 41.4 Å². The summed E-state index contributed by atoms with van der Waals surface area (Å²) in [5.74, 6) is -9.90. The number of phenols is 1. The molecule has 0 aliphatic carbocycles. The Morgan fingerprint density at radius 1 is 0.672 bits per heavy atom. The number of amides is 8. The van der Waals surface area contributed by atoms with E-state index in [2.05, 4.69) is 59.7 Å². The number of hydrogen-bond acceptors (Lipinski definition) is 13. The molecule has 0 heterocycles. The molecule has 23 nitrogen and oxygen atoms in total. The number of alkyl carbamates (subject to hydrolysis) is 1. The second-order valence-electron chi connectivity index (χ2n) is 14.1. The third-order valence-electron chi connectivity index (χ3n) is 8.85. The Bertz CT molecular complexity index is 2000. The van der Waals surface area contributed by atoms with Gasteiger partial charge in [-0.2, -0.15) is 0 Å². The predicted octanol–water partition coefficient (Wildman–Crippen LogP) is -1.70. The topological polar surface area (TPSA) is 371 Å². The molecule has 0 saturated heterocycles. The van der Waals surface area contributed by atoms with Crippen LogP contribution in [0.25, 0.3) is 0 Å². The molecule has 24 heteroatoms. The first kappa shape index (κ1) is 53.1. The summed E-state index contributed by atoms with van der Waals surface area (Å²) in [5, 5.41) is 54.2. The molecule has 0 saturated carbocycles. The van der Waals surface area contributed by atoms with Gasteiger partial charge in [-0.15, -0.1) is 0 Å². The van der Waals surface area contributed by atoms with Crippen LogP contribution in [0.15, 0.2) is 65.7 Å². The van der Waals surface area contributed by atoms with Crippen molar-refractivity contribution in [3.63, 3.8) is 0 Å². The molecule has 0 aromatic heterocycles. The zero-order valence-electron chi connectivity index (χ0n) is 34.5. The van der Waals surface area contributed by atoms with Gasteiger partial charge in [-0.1, -0.05) is 65.0 Å². The molecule has 0 aliphatic heterocycles. The molecule has 8 amide bonds. The predicted molar refractivity (Wildman–Crippen MR) is 226 cm³/mol. The molecule has 0 spiro atoms. The monoisotopic (exact) mass is 962 g/mol. The van der Waals surface area contributed by atoms with Crippen LogP contribution in [0.3, 0.4) is 0 Å². The van der Waals surface area contributed by atoms with Gasteiger partial charge in [0.25, 0.3) is 0 Å². The molecular formula is C40H51BrN8O15. The lowest BCUT2D eigenvalue weighted by Crippen LogP contribution is -2.60. The first-order valence-electron chi connectivity index (χ1n) is 19.4. The Kier molecular flexibility index (Phi) is 22.4. The quantitative estimate of drug-likeness (QED) is 0.0475. The minimum absolute atomic E-state index is 0.0743. The molecule has 0 aliphatic rings. The largest absolute Gasteiger partial charge is 0.508 e. The van der Waals surface area contributed by atoms with Crippen molar-refractivity contribution in [2.24, 2.45) is 5.73 Å². The van der Waals surface area contributed by atoms with Crippen molar-refractivity contribution in [2.45, 2.75) is 88.3 Å². The van der Waals surface area contributed by atoms with Crippen LogP contribution in [0.5, 0.6) is 5.75 Å². The number of hydrogen-bond donors (Lipinski definition) is 12. The second-order valence-corrected chi connectivity index (χ2v) is 15.2. The number of phenolic OH excluding ortho intramolecular Hbond substituents is 1. The molecule has 64 heavy (non-hydrogen) atoms. The van der Waals surface area contributed by atoms with Crippen molar-refractivity contribution in [1.29, 1.82) is 0 Å². The molecule has 6 atom stereocenters. The number of nitrogens with one attached hydrogen (secondary N) is 7. The molecule has 0 bridgehead atoms. The molecule has 348 valence electrons. The lowest BCUT2D eigenvalue weighted by molar-refractivity contribution is -0.139. The maximum absolute atomic E-state index is 13.7. The van der Waals surface area contributed by atoms with Crippen molar-refractivity contribution < 1.29 is 73.1 Å². The fourth-order valence-corrected chi connectivity index (χ4v) is 5.78. The van der Waals surface area contributed by atoms with Crippen LogP contribution in [-0.4, -0.2) is 129 Å². The van der Waals surface area contributed by atoms with Crippen molar-refractivity contribution in [3.8, 4) is 5.75 Å². The van der Waals surface area contributed by atoms with E-state index in [0.29, 0.717) is 11.1 Å². The summed E-state index contributed by atoms with van der Waals surface area (Å²) in [4.78, 5) is 126. The van der Waals surface area contributed by atoms with Gasteiger partial charge in [-0.25, -0.2) is 4.79 Å². The van der Waals surface area contributed by atoms with Gasteiger partial charge in [0.05, 0.1) is 13.2 Å². The third-order valence-corrected chi connectivity index (χ3v) is 9.18. The van der Waals surface area contributed by atoms with Gasteiger partial charge >= 0.3 is 18.0 Å². The zero-order chi connectivity index (χ0) is 47.9. The summed E-state index contributed by atoms with van der Waals surface area (Å²) in [6.45, 7) is 3.07. The second kappa shape index (κ2) is 27.1. The number of aromatic hydroxyl groups is 1. The number of aliphatic carboxylic acids is 2. The van der Waals surface area contributed by atoms with Gasteiger partial charge in [-0.05, 0) is 47.5 Å². The fourth-order valence-electron chi connectivity index (χ4n) is 5.45. The van der Waals surface area contributed by atoms with Crippen molar-refractivity contribution in [3.05, 3.63) is 76.8 Å². The summed E-state index contributed by atoms with van der Waals surface area (Å²) < 4.78 is 5.23. The Balaban J connectivity index is 2.15. The average Bonchev–Trinajstić information content (AvgIpc) is 3.23.